The molecule has 0 saturated carbocycles. The van der Waals surface area contributed by atoms with Gasteiger partial charge in [0.2, 0.25) is 0 Å². The van der Waals surface area contributed by atoms with Crippen LogP contribution in [0.25, 0.3) is 162 Å². The second-order valence-corrected chi connectivity index (χ2v) is 23.0. The van der Waals surface area contributed by atoms with Crippen molar-refractivity contribution in [3.63, 3.8) is 0 Å². The molecule has 0 spiro atoms. The largest absolute Gasteiger partial charge is 0.308 e. The molecule has 0 aliphatic carbocycles. The standard InChI is InChI=1S/C87H58N4/c1-8-30-59(31-9-1)65-52-66(60-32-10-2-11-33-60)54-69(53-65)71-44-22-23-45-72(71)73-46-24-26-49-76(73)79-55-67(61-34-12-3-13-35-61)57-81-82-58-68(62-36-14-4-15-37-62)56-80(84(82)91(83(79)81)70-42-20-7-21-43-70)77-50-27-25-47-74(77)75-48-28-29-51-78(75)87-89-85(63-38-16-5-17-39-63)88-86(90-87)64-40-18-6-19-41-64/h1-58H. The second kappa shape index (κ2) is 23.9. The molecule has 2 heterocycles. The van der Waals surface area contributed by atoms with E-state index in [2.05, 4.69) is 320 Å². The Kier molecular flexibility index (Phi) is 14.2. The highest BCUT2D eigenvalue weighted by Gasteiger charge is 2.27. The van der Waals surface area contributed by atoms with Gasteiger partial charge >= 0.3 is 0 Å². The van der Waals surface area contributed by atoms with Gasteiger partial charge in [-0.15, -0.1) is 0 Å². The topological polar surface area (TPSA) is 43.6 Å². The summed E-state index contributed by atoms with van der Waals surface area (Å²) in [5, 5.41) is 2.28. The molecule has 0 aliphatic heterocycles. The zero-order valence-electron chi connectivity index (χ0n) is 49.8. The van der Waals surface area contributed by atoms with Crippen molar-refractivity contribution in [1.82, 2.24) is 19.5 Å². The highest BCUT2D eigenvalue weighted by Crippen LogP contribution is 2.50. The van der Waals surface area contributed by atoms with Crippen molar-refractivity contribution in [3.8, 4) is 140 Å². The third kappa shape index (κ3) is 10.4. The summed E-state index contributed by atoms with van der Waals surface area (Å²) >= 11 is 0. The van der Waals surface area contributed by atoms with E-state index in [1.165, 1.54) is 22.3 Å². The predicted octanol–water partition coefficient (Wildman–Crippen LogP) is 23.0. The average molecular weight is 1160 g/mol. The molecule has 0 fully saturated rings. The molecule has 0 unspecified atom stereocenters. The van der Waals surface area contributed by atoms with Crippen molar-refractivity contribution < 1.29 is 0 Å². The van der Waals surface area contributed by atoms with E-state index in [4.69, 9.17) is 15.0 Å². The Morgan fingerprint density at radius 2 is 0.418 bits per heavy atom. The molecule has 2 aromatic heterocycles. The third-order valence-electron chi connectivity index (χ3n) is 17.5. The molecule has 91 heavy (non-hydrogen) atoms. The van der Waals surface area contributed by atoms with E-state index in [-0.39, 0.29) is 0 Å². The van der Waals surface area contributed by atoms with Crippen LogP contribution in [0.4, 0.5) is 0 Å². The molecular weight excluding hydrogens is 1100 g/mol. The quantitative estimate of drug-likeness (QED) is 0.116. The lowest BCUT2D eigenvalue weighted by Crippen LogP contribution is -2.01. The van der Waals surface area contributed by atoms with Gasteiger partial charge in [-0.2, -0.15) is 0 Å². The van der Waals surface area contributed by atoms with E-state index in [9.17, 15) is 0 Å². The fourth-order valence-corrected chi connectivity index (χ4v) is 13.2. The second-order valence-electron chi connectivity index (χ2n) is 23.0. The normalized spacial score (nSPS) is 11.3. The number of aromatic nitrogens is 4. The molecule has 0 saturated heterocycles. The SMILES string of the molecule is c1ccc(-c2cc(-c3ccccc3)cc(-c3ccccc3-c3ccccc3-c3cc(-c4ccccc4)cc4c5cc(-c6ccccc6)cc(-c6ccccc6-c6ccccc6-c6nc(-c7ccccc7)nc(-c7ccccc7)n6)c5n(-c5ccccc5)c34)c2)cc1. The van der Waals surface area contributed by atoms with Crippen LogP contribution in [0, 0.1) is 0 Å². The first-order chi connectivity index (χ1) is 45.1. The maximum atomic E-state index is 5.30. The Labute approximate surface area is 530 Å². The summed E-state index contributed by atoms with van der Waals surface area (Å²) in [4.78, 5) is 15.7. The summed E-state index contributed by atoms with van der Waals surface area (Å²) in [5.41, 5.74) is 26.2. The van der Waals surface area contributed by atoms with Crippen LogP contribution in [0.1, 0.15) is 0 Å². The number of nitrogens with zero attached hydrogens (tertiary/aromatic N) is 4. The lowest BCUT2D eigenvalue weighted by molar-refractivity contribution is 1.07. The highest BCUT2D eigenvalue weighted by molar-refractivity contribution is 6.21. The van der Waals surface area contributed by atoms with Gasteiger partial charge in [-0.3, -0.25) is 0 Å². The predicted molar refractivity (Wildman–Crippen MR) is 379 cm³/mol. The lowest BCUT2D eigenvalue weighted by Gasteiger charge is -2.20. The van der Waals surface area contributed by atoms with Crippen LogP contribution >= 0.6 is 0 Å². The number of para-hydroxylation sites is 1. The number of hydrogen-bond donors (Lipinski definition) is 0. The van der Waals surface area contributed by atoms with E-state index in [1.54, 1.807) is 0 Å². The van der Waals surface area contributed by atoms with Gasteiger partial charge in [0.15, 0.2) is 17.5 Å². The van der Waals surface area contributed by atoms with Crippen molar-refractivity contribution in [2.24, 2.45) is 0 Å². The molecule has 14 aromatic carbocycles. The number of fused-ring (bicyclic) bond motifs is 3. The molecule has 16 aromatic rings. The van der Waals surface area contributed by atoms with Gasteiger partial charge in [-0.1, -0.05) is 297 Å². The summed E-state index contributed by atoms with van der Waals surface area (Å²) in [5.74, 6) is 1.82. The van der Waals surface area contributed by atoms with Gasteiger partial charge < -0.3 is 4.57 Å². The fraction of sp³-hybridized carbons (Fsp3) is 0. The van der Waals surface area contributed by atoms with Crippen molar-refractivity contribution >= 4 is 21.8 Å². The lowest BCUT2D eigenvalue weighted by atomic mass is 9.86. The molecule has 0 radical (unpaired) electrons. The maximum Gasteiger partial charge on any atom is 0.164 e. The summed E-state index contributed by atoms with van der Waals surface area (Å²) < 4.78 is 2.55. The summed E-state index contributed by atoms with van der Waals surface area (Å²) in [7, 11) is 0. The minimum Gasteiger partial charge on any atom is -0.308 e. The van der Waals surface area contributed by atoms with E-state index in [0.717, 1.165) is 122 Å². The molecule has 4 heteroatoms. The molecule has 16 rings (SSSR count). The number of hydrogen-bond acceptors (Lipinski definition) is 3. The Morgan fingerprint density at radius 3 is 0.791 bits per heavy atom. The van der Waals surface area contributed by atoms with Crippen molar-refractivity contribution in [1.29, 1.82) is 0 Å². The van der Waals surface area contributed by atoms with Crippen LogP contribution in [0.3, 0.4) is 0 Å². The molecule has 0 N–H and O–H groups in total. The van der Waals surface area contributed by atoms with Gasteiger partial charge in [-0.05, 0) is 144 Å². The molecule has 0 bridgehead atoms. The highest BCUT2D eigenvalue weighted by atomic mass is 15.0. The van der Waals surface area contributed by atoms with Crippen LogP contribution < -0.4 is 0 Å². The van der Waals surface area contributed by atoms with Crippen LogP contribution in [-0.2, 0) is 0 Å². The Hall–Kier alpha value is -12.1. The molecule has 4 nitrogen and oxygen atoms in total. The van der Waals surface area contributed by atoms with Gasteiger partial charge in [0.25, 0.3) is 0 Å². The van der Waals surface area contributed by atoms with Gasteiger partial charge in [0.05, 0.1) is 11.0 Å². The van der Waals surface area contributed by atoms with E-state index >= 15 is 0 Å². The number of rotatable bonds is 13. The van der Waals surface area contributed by atoms with Crippen LogP contribution in [0.2, 0.25) is 0 Å². The monoisotopic (exact) mass is 1160 g/mol. The summed E-state index contributed by atoms with van der Waals surface area (Å²) in [6.45, 7) is 0. The van der Waals surface area contributed by atoms with Crippen molar-refractivity contribution in [2.75, 3.05) is 0 Å². The van der Waals surface area contributed by atoms with Gasteiger partial charge in [0.1, 0.15) is 0 Å². The zero-order valence-corrected chi connectivity index (χ0v) is 49.8. The van der Waals surface area contributed by atoms with E-state index in [0.29, 0.717) is 17.5 Å². The van der Waals surface area contributed by atoms with Crippen LogP contribution in [0.15, 0.2) is 352 Å². The molecule has 426 valence electrons. The summed E-state index contributed by atoms with van der Waals surface area (Å²) in [6, 6.07) is 127. The molecule has 0 amide bonds. The first-order valence-electron chi connectivity index (χ1n) is 31.0. The van der Waals surface area contributed by atoms with Crippen LogP contribution in [0.5, 0.6) is 0 Å². The third-order valence-corrected chi connectivity index (χ3v) is 17.5. The molecule has 0 aliphatic rings. The fourth-order valence-electron chi connectivity index (χ4n) is 13.2. The minimum atomic E-state index is 0.596. The first kappa shape index (κ1) is 54.3. The number of benzene rings is 14. The van der Waals surface area contributed by atoms with Crippen molar-refractivity contribution in [2.45, 2.75) is 0 Å². The average Bonchev–Trinajstić information content (AvgIpc) is 1.58. The Balaban J connectivity index is 0.978. The van der Waals surface area contributed by atoms with Crippen molar-refractivity contribution in [3.05, 3.63) is 352 Å². The Morgan fingerprint density at radius 1 is 0.165 bits per heavy atom. The van der Waals surface area contributed by atoms with E-state index in [1.807, 2.05) is 36.4 Å². The van der Waals surface area contributed by atoms with Crippen LogP contribution in [-0.4, -0.2) is 19.5 Å². The van der Waals surface area contributed by atoms with Gasteiger partial charge in [0, 0.05) is 44.3 Å². The zero-order chi connectivity index (χ0) is 60.5. The minimum absolute atomic E-state index is 0.596. The van der Waals surface area contributed by atoms with Gasteiger partial charge in [-0.25, -0.2) is 15.0 Å². The molecule has 0 atom stereocenters. The smallest absolute Gasteiger partial charge is 0.164 e. The van der Waals surface area contributed by atoms with E-state index < -0.39 is 0 Å². The first-order valence-corrected chi connectivity index (χ1v) is 31.0. The maximum absolute atomic E-state index is 5.30. The summed E-state index contributed by atoms with van der Waals surface area (Å²) in [6.07, 6.45) is 0. The Bertz CT molecular complexity index is 4870. The molecular formula is C87H58N4.